The zero-order chi connectivity index (χ0) is 30.4. The molecule has 14 heteroatoms. The van der Waals surface area contributed by atoms with E-state index in [0.29, 0.717) is 5.56 Å². The molecule has 222 valence electrons. The van der Waals surface area contributed by atoms with Crippen LogP contribution in [0.15, 0.2) is 59.6 Å². The Labute approximate surface area is 243 Å². The predicted molar refractivity (Wildman–Crippen MR) is 157 cm³/mol. The second-order valence-electron chi connectivity index (χ2n) is 9.32. The molecule has 13 nitrogen and oxygen atoms in total. The van der Waals surface area contributed by atoms with Gasteiger partial charge in [-0.1, -0.05) is 42.5 Å². The molecule has 0 saturated carbocycles. The van der Waals surface area contributed by atoms with Gasteiger partial charge in [0.1, 0.15) is 23.9 Å². The summed E-state index contributed by atoms with van der Waals surface area (Å²) >= 11 is 4.17. The Morgan fingerprint density at radius 1 is 0.805 bits per heavy atom. The summed E-state index contributed by atoms with van der Waals surface area (Å²) in [4.78, 5) is 54.7. The number of carboxylic acids is 1. The molecule has 0 saturated heterocycles. The number of phenols is 1. The first-order chi connectivity index (χ1) is 19.5. The number of benzene rings is 2. The fraction of sp³-hybridized carbons (Fsp3) is 0.370. The van der Waals surface area contributed by atoms with E-state index < -0.39 is 47.9 Å². The zero-order valence-electron chi connectivity index (χ0n) is 22.4. The summed E-state index contributed by atoms with van der Waals surface area (Å²) in [6, 6.07) is 10.5. The highest BCUT2D eigenvalue weighted by atomic mass is 32.1. The van der Waals surface area contributed by atoms with Crippen LogP contribution < -0.4 is 33.2 Å². The van der Waals surface area contributed by atoms with Crippen molar-refractivity contribution in [3.05, 3.63) is 65.7 Å². The number of nitrogens with zero attached hydrogens (tertiary/aromatic N) is 1. The van der Waals surface area contributed by atoms with E-state index in [0.717, 1.165) is 5.56 Å². The Balaban J connectivity index is 2.10. The second-order valence-corrected chi connectivity index (χ2v) is 9.69. The standard InChI is InChI=1S/C27H37N7O6S/c28-19(13-16-5-2-1-3-6-16)23(36)34-22(15-41)25(38)32-20(7-4-12-31-27(29)30)24(37)33-21(26(39)40)14-17-8-10-18(35)11-9-17/h1-3,5-6,8-11,19-22,35,41H,4,7,12-15,28H2,(H,32,38)(H,33,37)(H,34,36)(H,39,40)(H4,29,30,31). The Kier molecular flexibility index (Phi) is 13.4. The largest absolute Gasteiger partial charge is 0.508 e. The highest BCUT2D eigenvalue weighted by molar-refractivity contribution is 7.80. The lowest BCUT2D eigenvalue weighted by atomic mass is 10.0. The molecule has 2 rings (SSSR count). The van der Waals surface area contributed by atoms with Crippen molar-refractivity contribution in [1.82, 2.24) is 16.0 Å². The lowest BCUT2D eigenvalue weighted by molar-refractivity contribution is -0.142. The summed E-state index contributed by atoms with van der Waals surface area (Å²) in [7, 11) is 0. The third-order valence-electron chi connectivity index (χ3n) is 6.02. The number of hydrogen-bond donors (Lipinski definition) is 9. The summed E-state index contributed by atoms with van der Waals surface area (Å²) in [5, 5.41) is 26.7. The fourth-order valence-electron chi connectivity index (χ4n) is 3.82. The summed E-state index contributed by atoms with van der Waals surface area (Å²) in [6.07, 6.45) is 0.540. The van der Waals surface area contributed by atoms with E-state index in [-0.39, 0.29) is 49.7 Å². The molecule has 0 bridgehead atoms. The van der Waals surface area contributed by atoms with E-state index in [1.807, 2.05) is 30.3 Å². The molecule has 0 fully saturated rings. The number of carbonyl (C=O) groups excluding carboxylic acids is 3. The van der Waals surface area contributed by atoms with Gasteiger partial charge in [-0.3, -0.25) is 19.4 Å². The minimum absolute atomic E-state index is 0.0140. The Hall–Kier alpha value is -4.30. The van der Waals surface area contributed by atoms with Crippen LogP contribution in [0.2, 0.25) is 0 Å². The van der Waals surface area contributed by atoms with Crippen LogP contribution in [-0.4, -0.2) is 76.3 Å². The van der Waals surface area contributed by atoms with Crippen molar-refractivity contribution in [2.24, 2.45) is 22.2 Å². The van der Waals surface area contributed by atoms with Gasteiger partial charge in [-0.05, 0) is 42.5 Å². The van der Waals surface area contributed by atoms with E-state index in [1.165, 1.54) is 24.3 Å². The number of nitrogens with two attached hydrogens (primary N) is 3. The van der Waals surface area contributed by atoms with Crippen molar-refractivity contribution in [2.75, 3.05) is 12.3 Å². The SMILES string of the molecule is NC(N)=NCCCC(NC(=O)C(CS)NC(=O)C(N)Cc1ccccc1)C(=O)NC(Cc1ccc(O)cc1)C(=O)O. The maximum Gasteiger partial charge on any atom is 0.326 e. The number of thiol groups is 1. The highest BCUT2D eigenvalue weighted by Gasteiger charge is 2.30. The lowest BCUT2D eigenvalue weighted by Gasteiger charge is -2.24. The minimum atomic E-state index is -1.32. The lowest BCUT2D eigenvalue weighted by Crippen LogP contribution is -2.58. The van der Waals surface area contributed by atoms with Gasteiger partial charge in [-0.2, -0.15) is 12.6 Å². The molecule has 2 aromatic carbocycles. The zero-order valence-corrected chi connectivity index (χ0v) is 23.3. The van der Waals surface area contributed by atoms with E-state index in [9.17, 15) is 29.4 Å². The number of amides is 3. The molecule has 4 atom stereocenters. The molecule has 2 aromatic rings. The number of carbonyl (C=O) groups is 4. The molecule has 3 amide bonds. The van der Waals surface area contributed by atoms with Crippen LogP contribution in [0.1, 0.15) is 24.0 Å². The Morgan fingerprint density at radius 2 is 1.37 bits per heavy atom. The maximum absolute atomic E-state index is 13.2. The summed E-state index contributed by atoms with van der Waals surface area (Å²) in [6.45, 7) is 0.166. The van der Waals surface area contributed by atoms with Crippen molar-refractivity contribution < 1.29 is 29.4 Å². The third-order valence-corrected chi connectivity index (χ3v) is 6.38. The normalized spacial score (nSPS) is 13.6. The Morgan fingerprint density at radius 3 is 1.95 bits per heavy atom. The molecule has 0 aliphatic heterocycles. The summed E-state index contributed by atoms with van der Waals surface area (Å²) in [5.74, 6) is -3.52. The number of aliphatic carboxylic acids is 1. The maximum atomic E-state index is 13.2. The van der Waals surface area contributed by atoms with Crippen LogP contribution in [0.5, 0.6) is 5.75 Å². The number of guanidine groups is 1. The van der Waals surface area contributed by atoms with Gasteiger partial charge in [-0.15, -0.1) is 0 Å². The monoisotopic (exact) mass is 587 g/mol. The Bertz CT molecular complexity index is 1190. The molecule has 0 heterocycles. The minimum Gasteiger partial charge on any atom is -0.508 e. The van der Waals surface area contributed by atoms with Gasteiger partial charge in [0.2, 0.25) is 17.7 Å². The molecule has 0 radical (unpaired) electrons. The molecule has 0 spiro atoms. The van der Waals surface area contributed by atoms with E-state index in [4.69, 9.17) is 17.2 Å². The van der Waals surface area contributed by atoms with Crippen molar-refractivity contribution in [3.63, 3.8) is 0 Å². The van der Waals surface area contributed by atoms with E-state index in [1.54, 1.807) is 0 Å². The number of aliphatic imine (C=N–C) groups is 1. The second kappa shape index (κ2) is 16.7. The molecule has 11 N–H and O–H groups in total. The van der Waals surface area contributed by atoms with Gasteiger partial charge in [0.05, 0.1) is 6.04 Å². The van der Waals surface area contributed by atoms with Gasteiger partial charge < -0.3 is 43.4 Å². The van der Waals surface area contributed by atoms with Crippen LogP contribution in [0.4, 0.5) is 0 Å². The van der Waals surface area contributed by atoms with Gasteiger partial charge in [0, 0.05) is 18.7 Å². The summed E-state index contributed by atoms with van der Waals surface area (Å²) in [5.41, 5.74) is 18.1. The van der Waals surface area contributed by atoms with Crippen LogP contribution in [0, 0.1) is 0 Å². The number of carboxylic acid groups (broad SMARTS) is 1. The average Bonchev–Trinajstić information content (AvgIpc) is 2.94. The van der Waals surface area contributed by atoms with Crippen LogP contribution in [-0.2, 0) is 32.0 Å². The fourth-order valence-corrected chi connectivity index (χ4v) is 4.08. The highest BCUT2D eigenvalue weighted by Crippen LogP contribution is 2.12. The van der Waals surface area contributed by atoms with Crippen LogP contribution >= 0.6 is 12.6 Å². The van der Waals surface area contributed by atoms with Crippen LogP contribution in [0.3, 0.4) is 0 Å². The first-order valence-electron chi connectivity index (χ1n) is 12.9. The number of nitrogens with one attached hydrogen (secondary N) is 3. The topological polar surface area (TPSA) is 235 Å². The summed E-state index contributed by atoms with van der Waals surface area (Å²) < 4.78 is 0. The quantitative estimate of drug-likeness (QED) is 0.0507. The first kappa shape index (κ1) is 32.9. The molecule has 0 aliphatic rings. The number of hydrogen-bond acceptors (Lipinski definition) is 8. The molecule has 41 heavy (non-hydrogen) atoms. The van der Waals surface area contributed by atoms with E-state index in [2.05, 4.69) is 33.6 Å². The number of rotatable bonds is 16. The van der Waals surface area contributed by atoms with Crippen molar-refractivity contribution in [2.45, 2.75) is 49.9 Å². The molecule has 0 aromatic heterocycles. The molecule has 0 aliphatic carbocycles. The van der Waals surface area contributed by atoms with Gasteiger partial charge >= 0.3 is 5.97 Å². The number of phenolic OH excluding ortho intramolecular Hbond substituents is 1. The molecule has 4 unspecified atom stereocenters. The molecular weight excluding hydrogens is 550 g/mol. The smallest absolute Gasteiger partial charge is 0.326 e. The first-order valence-corrected chi connectivity index (χ1v) is 13.5. The van der Waals surface area contributed by atoms with Crippen molar-refractivity contribution in [1.29, 1.82) is 0 Å². The number of aromatic hydroxyl groups is 1. The van der Waals surface area contributed by atoms with E-state index >= 15 is 0 Å². The predicted octanol–water partition coefficient (Wildman–Crippen LogP) is -0.973. The third kappa shape index (κ3) is 11.8. The van der Waals surface area contributed by atoms with Gasteiger partial charge in [0.25, 0.3) is 0 Å². The van der Waals surface area contributed by atoms with Gasteiger partial charge in [-0.25, -0.2) is 4.79 Å². The average molecular weight is 588 g/mol. The molecular formula is C27H37N7O6S. The van der Waals surface area contributed by atoms with Gasteiger partial charge in [0.15, 0.2) is 5.96 Å². The van der Waals surface area contributed by atoms with Crippen molar-refractivity contribution in [3.8, 4) is 5.75 Å². The van der Waals surface area contributed by atoms with Crippen LogP contribution in [0.25, 0.3) is 0 Å². The van der Waals surface area contributed by atoms with Crippen molar-refractivity contribution >= 4 is 42.3 Å².